The molecule has 2 rings (SSSR count). The van der Waals surface area contributed by atoms with E-state index in [9.17, 15) is 4.79 Å². The summed E-state index contributed by atoms with van der Waals surface area (Å²) in [6.07, 6.45) is 1.89. The molecule has 116 valence electrons. The van der Waals surface area contributed by atoms with Crippen LogP contribution in [-0.2, 0) is 11.3 Å². The second-order valence-corrected chi connectivity index (χ2v) is 6.41. The highest BCUT2D eigenvalue weighted by atomic mass is 16.1. The molecule has 1 saturated heterocycles. The average molecular weight is 289 g/mol. The van der Waals surface area contributed by atoms with Crippen LogP contribution in [0.3, 0.4) is 0 Å². The van der Waals surface area contributed by atoms with Gasteiger partial charge in [0.05, 0.1) is 0 Å². The Morgan fingerprint density at radius 1 is 1.48 bits per heavy atom. The van der Waals surface area contributed by atoms with Gasteiger partial charge in [0.15, 0.2) is 0 Å². The van der Waals surface area contributed by atoms with Crippen molar-refractivity contribution in [1.82, 2.24) is 5.32 Å². The summed E-state index contributed by atoms with van der Waals surface area (Å²) in [6.45, 7) is 9.24. The van der Waals surface area contributed by atoms with Gasteiger partial charge in [0, 0.05) is 18.8 Å². The molecule has 1 atom stereocenters. The third-order valence-electron chi connectivity index (χ3n) is 3.99. The molecule has 1 aromatic carbocycles. The SMILES string of the molecule is Cc1ccc(N2CCCC2C(N)=O)c(CNCC(C)C)c1. The first-order valence-electron chi connectivity index (χ1n) is 7.85. The van der Waals surface area contributed by atoms with Gasteiger partial charge in [-0.25, -0.2) is 0 Å². The number of benzene rings is 1. The number of primary amides is 1. The van der Waals surface area contributed by atoms with E-state index in [1.165, 1.54) is 11.1 Å². The van der Waals surface area contributed by atoms with Crippen LogP contribution in [0.2, 0.25) is 0 Å². The highest BCUT2D eigenvalue weighted by Gasteiger charge is 2.30. The fraction of sp³-hybridized carbons (Fsp3) is 0.588. The molecule has 1 heterocycles. The Bertz CT molecular complexity index is 499. The average Bonchev–Trinajstić information content (AvgIpc) is 2.87. The van der Waals surface area contributed by atoms with E-state index < -0.39 is 0 Å². The molecule has 4 heteroatoms. The van der Waals surface area contributed by atoms with Crippen LogP contribution < -0.4 is 16.0 Å². The molecular weight excluding hydrogens is 262 g/mol. The first kappa shape index (κ1) is 15.8. The van der Waals surface area contributed by atoms with Crippen molar-refractivity contribution in [1.29, 1.82) is 0 Å². The number of hydrogen-bond donors (Lipinski definition) is 2. The van der Waals surface area contributed by atoms with Gasteiger partial charge in [-0.15, -0.1) is 0 Å². The molecule has 0 aromatic heterocycles. The van der Waals surface area contributed by atoms with Gasteiger partial charge in [-0.2, -0.15) is 0 Å². The summed E-state index contributed by atoms with van der Waals surface area (Å²) in [4.78, 5) is 13.8. The second-order valence-electron chi connectivity index (χ2n) is 6.41. The van der Waals surface area contributed by atoms with Crippen LogP contribution in [0.5, 0.6) is 0 Å². The Morgan fingerprint density at radius 2 is 2.24 bits per heavy atom. The van der Waals surface area contributed by atoms with Crippen molar-refractivity contribution in [3.63, 3.8) is 0 Å². The zero-order valence-electron chi connectivity index (χ0n) is 13.4. The van der Waals surface area contributed by atoms with E-state index in [0.717, 1.165) is 38.2 Å². The summed E-state index contributed by atoms with van der Waals surface area (Å²) >= 11 is 0. The van der Waals surface area contributed by atoms with E-state index >= 15 is 0 Å². The van der Waals surface area contributed by atoms with Gasteiger partial charge in [-0.05, 0) is 43.9 Å². The lowest BCUT2D eigenvalue weighted by atomic mass is 10.1. The lowest BCUT2D eigenvalue weighted by molar-refractivity contribution is -0.119. The highest BCUT2D eigenvalue weighted by molar-refractivity contribution is 5.84. The van der Waals surface area contributed by atoms with Crippen molar-refractivity contribution in [2.45, 2.75) is 46.2 Å². The van der Waals surface area contributed by atoms with Gasteiger partial charge in [-0.3, -0.25) is 4.79 Å². The summed E-state index contributed by atoms with van der Waals surface area (Å²) in [6, 6.07) is 6.29. The van der Waals surface area contributed by atoms with Crippen LogP contribution in [0.1, 0.15) is 37.8 Å². The molecule has 3 N–H and O–H groups in total. The first-order chi connectivity index (χ1) is 9.99. The summed E-state index contributed by atoms with van der Waals surface area (Å²) in [7, 11) is 0. The lowest BCUT2D eigenvalue weighted by Crippen LogP contribution is -2.41. The molecule has 0 saturated carbocycles. The fourth-order valence-corrected chi connectivity index (χ4v) is 2.98. The molecule has 0 radical (unpaired) electrons. The number of nitrogens with zero attached hydrogens (tertiary/aromatic N) is 1. The number of aryl methyl sites for hydroxylation is 1. The number of rotatable bonds is 6. The van der Waals surface area contributed by atoms with Crippen LogP contribution in [-0.4, -0.2) is 25.0 Å². The number of nitrogens with one attached hydrogen (secondary N) is 1. The van der Waals surface area contributed by atoms with Crippen molar-refractivity contribution in [2.24, 2.45) is 11.7 Å². The van der Waals surface area contributed by atoms with E-state index in [4.69, 9.17) is 5.73 Å². The Hall–Kier alpha value is -1.55. The molecule has 1 fully saturated rings. The molecule has 0 aliphatic carbocycles. The predicted molar refractivity (Wildman–Crippen MR) is 87.3 cm³/mol. The van der Waals surface area contributed by atoms with Crippen LogP contribution in [0.25, 0.3) is 0 Å². The van der Waals surface area contributed by atoms with Crippen LogP contribution in [0, 0.1) is 12.8 Å². The maximum Gasteiger partial charge on any atom is 0.240 e. The Labute approximate surface area is 127 Å². The second kappa shape index (κ2) is 6.94. The third kappa shape index (κ3) is 3.97. The number of amides is 1. The Balaban J connectivity index is 2.19. The topological polar surface area (TPSA) is 58.4 Å². The van der Waals surface area contributed by atoms with Crippen molar-refractivity contribution < 1.29 is 4.79 Å². The molecule has 0 spiro atoms. The number of anilines is 1. The van der Waals surface area contributed by atoms with Crippen LogP contribution in [0.15, 0.2) is 18.2 Å². The van der Waals surface area contributed by atoms with E-state index in [2.05, 4.69) is 49.2 Å². The van der Waals surface area contributed by atoms with E-state index in [0.29, 0.717) is 5.92 Å². The zero-order valence-corrected chi connectivity index (χ0v) is 13.4. The van der Waals surface area contributed by atoms with Crippen molar-refractivity contribution in [3.8, 4) is 0 Å². The van der Waals surface area contributed by atoms with Gasteiger partial charge in [0.2, 0.25) is 5.91 Å². The van der Waals surface area contributed by atoms with E-state index in [1.807, 2.05) is 0 Å². The molecule has 21 heavy (non-hydrogen) atoms. The molecular formula is C17H27N3O. The van der Waals surface area contributed by atoms with E-state index in [1.54, 1.807) is 0 Å². The molecule has 1 amide bonds. The maximum atomic E-state index is 11.6. The summed E-state index contributed by atoms with van der Waals surface area (Å²) in [5.74, 6) is 0.414. The largest absolute Gasteiger partial charge is 0.368 e. The minimum absolute atomic E-state index is 0.156. The smallest absolute Gasteiger partial charge is 0.240 e. The normalized spacial score (nSPS) is 18.5. The molecule has 0 bridgehead atoms. The number of hydrogen-bond acceptors (Lipinski definition) is 3. The Kier molecular flexibility index (Phi) is 5.23. The number of nitrogens with two attached hydrogens (primary N) is 1. The summed E-state index contributed by atoms with van der Waals surface area (Å²) < 4.78 is 0. The fourth-order valence-electron chi connectivity index (χ4n) is 2.98. The minimum Gasteiger partial charge on any atom is -0.368 e. The maximum absolute atomic E-state index is 11.6. The molecule has 4 nitrogen and oxygen atoms in total. The molecule has 1 aliphatic rings. The molecule has 1 unspecified atom stereocenters. The third-order valence-corrected chi connectivity index (χ3v) is 3.99. The van der Waals surface area contributed by atoms with Crippen molar-refractivity contribution >= 4 is 11.6 Å². The summed E-state index contributed by atoms with van der Waals surface area (Å²) in [5, 5.41) is 3.49. The Morgan fingerprint density at radius 3 is 2.90 bits per heavy atom. The highest BCUT2D eigenvalue weighted by Crippen LogP contribution is 2.29. The standard InChI is InChI=1S/C17H27N3O/c1-12(2)10-19-11-14-9-13(3)6-7-15(14)20-8-4-5-16(20)17(18)21/h6-7,9,12,16,19H,4-5,8,10-11H2,1-3H3,(H2,18,21). The number of carbonyl (C=O) groups excluding carboxylic acids is 1. The van der Waals surface area contributed by atoms with Crippen LogP contribution >= 0.6 is 0 Å². The molecule has 1 aromatic rings. The monoisotopic (exact) mass is 289 g/mol. The predicted octanol–water partition coefficient (Wildman–Crippen LogP) is 2.19. The van der Waals surface area contributed by atoms with Gasteiger partial charge in [-0.1, -0.05) is 31.5 Å². The van der Waals surface area contributed by atoms with Crippen molar-refractivity contribution in [3.05, 3.63) is 29.3 Å². The van der Waals surface area contributed by atoms with Crippen LogP contribution in [0.4, 0.5) is 5.69 Å². The van der Waals surface area contributed by atoms with Gasteiger partial charge >= 0.3 is 0 Å². The lowest BCUT2D eigenvalue weighted by Gasteiger charge is -2.27. The number of carbonyl (C=O) groups is 1. The van der Waals surface area contributed by atoms with E-state index in [-0.39, 0.29) is 11.9 Å². The first-order valence-corrected chi connectivity index (χ1v) is 7.85. The van der Waals surface area contributed by atoms with Gasteiger partial charge in [0.1, 0.15) is 6.04 Å². The summed E-state index contributed by atoms with van der Waals surface area (Å²) in [5.41, 5.74) is 9.20. The van der Waals surface area contributed by atoms with Gasteiger partial charge < -0.3 is 16.0 Å². The zero-order chi connectivity index (χ0) is 15.4. The quantitative estimate of drug-likeness (QED) is 0.844. The molecule has 1 aliphatic heterocycles. The minimum atomic E-state index is -0.214. The van der Waals surface area contributed by atoms with Gasteiger partial charge in [0.25, 0.3) is 0 Å². The van der Waals surface area contributed by atoms with Crippen molar-refractivity contribution in [2.75, 3.05) is 18.0 Å².